The fraction of sp³-hybridized carbons (Fsp3) is 0.156. The van der Waals surface area contributed by atoms with E-state index in [9.17, 15) is 0 Å². The van der Waals surface area contributed by atoms with Crippen LogP contribution in [0.2, 0.25) is 0 Å². The van der Waals surface area contributed by atoms with Gasteiger partial charge in [-0.2, -0.15) is 0 Å². The maximum Gasteiger partial charge on any atom is 0.0708 e. The van der Waals surface area contributed by atoms with E-state index in [1.807, 2.05) is 0 Å². The third-order valence-corrected chi connectivity index (χ3v) is 19.5. The van der Waals surface area contributed by atoms with E-state index in [0.717, 1.165) is 5.52 Å². The Morgan fingerprint density at radius 2 is 0.538 bits per heavy atom. The second-order valence-corrected chi connectivity index (χ2v) is 25.0. The van der Waals surface area contributed by atoms with Crippen molar-refractivity contribution in [2.24, 2.45) is 0 Å². The van der Waals surface area contributed by atoms with Crippen LogP contribution >= 0.6 is 0 Å². The Balaban J connectivity index is 0.807. The lowest BCUT2D eigenvalue weighted by molar-refractivity contribution is 0.659. The molecule has 0 saturated carbocycles. The van der Waals surface area contributed by atoms with Crippen molar-refractivity contribution >= 4 is 32.4 Å². The van der Waals surface area contributed by atoms with E-state index in [-0.39, 0.29) is 21.7 Å². The van der Waals surface area contributed by atoms with E-state index in [0.29, 0.717) is 0 Å². The van der Waals surface area contributed by atoms with Gasteiger partial charge in [-0.15, -0.1) is 0 Å². The molecule has 1 nitrogen and oxygen atoms in total. The van der Waals surface area contributed by atoms with Crippen LogP contribution in [-0.4, -0.2) is 4.98 Å². The third kappa shape index (κ3) is 6.00. The summed E-state index contributed by atoms with van der Waals surface area (Å²) < 4.78 is 0. The number of nitrogens with zero attached hydrogens (tertiary/aromatic N) is 1. The van der Waals surface area contributed by atoms with E-state index < -0.39 is 0 Å². The van der Waals surface area contributed by atoms with E-state index in [1.54, 1.807) is 0 Å². The summed E-state index contributed by atoms with van der Waals surface area (Å²) >= 11 is 0. The number of pyridine rings is 1. The number of rotatable bonds is 4. The molecule has 11 aromatic carbocycles. The predicted molar refractivity (Wildman–Crippen MR) is 329 cm³/mol. The molecule has 0 N–H and O–H groups in total. The van der Waals surface area contributed by atoms with Crippen molar-refractivity contribution < 1.29 is 0 Å². The molecule has 16 rings (SSSR count). The highest BCUT2D eigenvalue weighted by Gasteiger charge is 2.40. The number of fused-ring (bicyclic) bond motifs is 16. The second kappa shape index (κ2) is 15.5. The van der Waals surface area contributed by atoms with Crippen LogP contribution in [0.15, 0.2) is 212 Å². The zero-order valence-electron chi connectivity index (χ0n) is 45.7. The second-order valence-electron chi connectivity index (χ2n) is 25.0. The van der Waals surface area contributed by atoms with E-state index >= 15 is 0 Å². The Bertz CT molecular complexity index is 4670. The van der Waals surface area contributed by atoms with Crippen LogP contribution in [0.4, 0.5) is 0 Å². The van der Waals surface area contributed by atoms with Crippen molar-refractivity contribution in [3.05, 3.63) is 257 Å². The maximum atomic E-state index is 5.23. The van der Waals surface area contributed by atoms with Gasteiger partial charge in [-0.25, -0.2) is 0 Å². The fourth-order valence-corrected chi connectivity index (χ4v) is 15.3. The molecule has 4 aliphatic rings. The van der Waals surface area contributed by atoms with Gasteiger partial charge in [-0.05, 0) is 187 Å². The molecular formula is C77H59N. The van der Waals surface area contributed by atoms with Crippen molar-refractivity contribution in [3.8, 4) is 89.0 Å². The Morgan fingerprint density at radius 3 is 0.962 bits per heavy atom. The molecule has 1 aromatic heterocycles. The van der Waals surface area contributed by atoms with Gasteiger partial charge in [0.1, 0.15) is 0 Å². The zero-order valence-corrected chi connectivity index (χ0v) is 45.7. The number of hydrogen-bond acceptors (Lipinski definition) is 1. The molecular weight excluding hydrogens is 939 g/mol. The van der Waals surface area contributed by atoms with E-state index in [2.05, 4.69) is 268 Å². The molecule has 0 radical (unpaired) electrons. The summed E-state index contributed by atoms with van der Waals surface area (Å²) in [5.74, 6) is 0. The smallest absolute Gasteiger partial charge is 0.0708 e. The largest absolute Gasteiger partial charge is 0.256 e. The highest BCUT2D eigenvalue weighted by atomic mass is 14.7. The number of benzene rings is 11. The first-order valence-electron chi connectivity index (χ1n) is 28.0. The molecule has 372 valence electrons. The molecule has 12 aromatic rings. The van der Waals surface area contributed by atoms with Gasteiger partial charge in [0.05, 0.1) is 5.52 Å². The minimum absolute atomic E-state index is 0.0502. The van der Waals surface area contributed by atoms with Gasteiger partial charge >= 0.3 is 0 Å². The first kappa shape index (κ1) is 45.5. The Kier molecular flexibility index (Phi) is 9.06. The number of hydrogen-bond donors (Lipinski definition) is 0. The molecule has 1 heterocycles. The van der Waals surface area contributed by atoms with E-state index in [4.69, 9.17) is 4.98 Å². The van der Waals surface area contributed by atoms with Crippen molar-refractivity contribution in [3.63, 3.8) is 0 Å². The molecule has 0 atom stereocenters. The Morgan fingerprint density at radius 1 is 0.244 bits per heavy atom. The monoisotopic (exact) mass is 997 g/mol. The van der Waals surface area contributed by atoms with Crippen molar-refractivity contribution in [1.29, 1.82) is 0 Å². The summed E-state index contributed by atoms with van der Waals surface area (Å²) in [6, 6.07) is 79.0. The highest BCUT2D eigenvalue weighted by molar-refractivity contribution is 6.27. The van der Waals surface area contributed by atoms with Gasteiger partial charge < -0.3 is 0 Å². The fourth-order valence-electron chi connectivity index (χ4n) is 15.3. The SMILES string of the molecule is CC1(C)c2ccccc2-c2ccc(-c3ccc4c(c3)C(C)(C)c3cc(-c5c6ccccc6c(-c6ccc7c(c6)C(C)(C)c6cc(-c8ccc9c(c8)C(C)(C)c8ccccc8-9)ccc6-7)c6c5cnc5ccccc56)ccc3-4)cc21. The normalized spacial score (nSPS) is 15.8. The molecule has 4 aliphatic carbocycles. The minimum Gasteiger partial charge on any atom is -0.256 e. The average Bonchev–Trinajstić information content (AvgIpc) is 4.18. The van der Waals surface area contributed by atoms with Crippen LogP contribution in [0.5, 0.6) is 0 Å². The van der Waals surface area contributed by atoms with Gasteiger partial charge in [-0.3, -0.25) is 4.98 Å². The van der Waals surface area contributed by atoms with Gasteiger partial charge in [0.2, 0.25) is 0 Å². The molecule has 0 saturated heterocycles. The standard InChI is InChI=1S/C77H59N/c1-74(2)62-22-14-11-17-50(62)52-31-25-44(37-64(52)74)46-27-33-54-56-35-29-48(41-68(56)76(5,6)66(54)39-46)71-58-19-9-10-20-59(58)72(73-60-21-13-16-24-70(60)78-43-61(71)73)49-30-36-57-55-34-28-47(40-67(55)77(7,8)69(57)42-49)45-26-32-53-51-18-12-15-23-63(51)75(3,4)65(53)38-45/h9-43H,1-8H3. The molecule has 0 unspecified atom stereocenters. The summed E-state index contributed by atoms with van der Waals surface area (Å²) in [5.41, 5.74) is 32.4. The summed E-state index contributed by atoms with van der Waals surface area (Å²) in [6.45, 7) is 19.2. The quantitative estimate of drug-likeness (QED) is 0.126. The van der Waals surface area contributed by atoms with Gasteiger partial charge in [0, 0.05) is 44.0 Å². The molecule has 0 spiro atoms. The molecule has 0 amide bonds. The first-order valence-corrected chi connectivity index (χ1v) is 28.0. The zero-order chi connectivity index (χ0) is 52.8. The average molecular weight is 998 g/mol. The van der Waals surface area contributed by atoms with Gasteiger partial charge in [-0.1, -0.05) is 219 Å². The van der Waals surface area contributed by atoms with Crippen LogP contribution in [0, 0.1) is 0 Å². The van der Waals surface area contributed by atoms with Crippen LogP contribution in [0.3, 0.4) is 0 Å². The topological polar surface area (TPSA) is 12.9 Å². The molecule has 0 aliphatic heterocycles. The van der Waals surface area contributed by atoms with Crippen molar-refractivity contribution in [2.75, 3.05) is 0 Å². The van der Waals surface area contributed by atoms with Crippen LogP contribution < -0.4 is 0 Å². The summed E-state index contributed by atoms with van der Waals surface area (Å²) in [7, 11) is 0. The predicted octanol–water partition coefficient (Wildman–Crippen LogP) is 20.4. The lowest BCUT2D eigenvalue weighted by atomic mass is 9.78. The summed E-state index contributed by atoms with van der Waals surface area (Å²) in [4.78, 5) is 5.23. The van der Waals surface area contributed by atoms with Crippen LogP contribution in [0.1, 0.15) is 99.9 Å². The highest BCUT2D eigenvalue weighted by Crippen LogP contribution is 2.57. The number of para-hydroxylation sites is 1. The van der Waals surface area contributed by atoms with Crippen LogP contribution in [0.25, 0.3) is 121 Å². The molecule has 0 fully saturated rings. The summed E-state index contributed by atoms with van der Waals surface area (Å²) in [5, 5.41) is 6.09. The molecule has 78 heavy (non-hydrogen) atoms. The number of aromatic nitrogens is 1. The Labute approximate surface area is 458 Å². The van der Waals surface area contributed by atoms with Gasteiger partial charge in [0.15, 0.2) is 0 Å². The summed E-state index contributed by atoms with van der Waals surface area (Å²) in [6.07, 6.45) is 2.16. The molecule has 1 heteroatoms. The van der Waals surface area contributed by atoms with Crippen LogP contribution in [-0.2, 0) is 21.7 Å². The molecule has 0 bridgehead atoms. The van der Waals surface area contributed by atoms with Crippen molar-refractivity contribution in [1.82, 2.24) is 4.98 Å². The third-order valence-electron chi connectivity index (χ3n) is 19.5. The lowest BCUT2D eigenvalue weighted by Gasteiger charge is -2.25. The Hall–Kier alpha value is -8.65. The van der Waals surface area contributed by atoms with Crippen molar-refractivity contribution in [2.45, 2.75) is 77.0 Å². The minimum atomic E-state index is -0.224. The van der Waals surface area contributed by atoms with Gasteiger partial charge in [0.25, 0.3) is 0 Å². The van der Waals surface area contributed by atoms with E-state index in [1.165, 1.54) is 160 Å². The maximum absolute atomic E-state index is 5.23. The lowest BCUT2D eigenvalue weighted by Crippen LogP contribution is -2.15. The first-order chi connectivity index (χ1) is 37.7.